The molecule has 3 rings (SSSR count). The molecule has 0 saturated carbocycles. The van der Waals surface area contributed by atoms with E-state index in [1.807, 2.05) is 24.3 Å². The van der Waals surface area contributed by atoms with Crippen LogP contribution in [-0.4, -0.2) is 60.8 Å². The average Bonchev–Trinajstić information content (AvgIpc) is 3.33. The summed E-state index contributed by atoms with van der Waals surface area (Å²) < 4.78 is 5.46. The number of amides is 3. The molecule has 1 aromatic rings. The summed E-state index contributed by atoms with van der Waals surface area (Å²) in [6.45, 7) is 6.89. The zero-order chi connectivity index (χ0) is 20.8. The Bertz CT molecular complexity index is 784. The van der Waals surface area contributed by atoms with Crippen LogP contribution in [0.15, 0.2) is 29.2 Å². The molecule has 0 bridgehead atoms. The number of ether oxygens (including phenoxy) is 1. The molecule has 1 N–H and O–H groups in total. The Morgan fingerprint density at radius 3 is 2.62 bits per heavy atom. The second-order valence-corrected chi connectivity index (χ2v) is 7.96. The van der Waals surface area contributed by atoms with Crippen LogP contribution >= 0.6 is 11.8 Å². The number of carbonyl (C=O) groups excluding carboxylic acids is 3. The summed E-state index contributed by atoms with van der Waals surface area (Å²) in [6, 6.07) is 7.86. The maximum absolute atomic E-state index is 12.6. The van der Waals surface area contributed by atoms with Gasteiger partial charge in [-0.25, -0.2) is 0 Å². The number of nitrogens with zero attached hydrogens (tertiary/aromatic N) is 2. The minimum absolute atomic E-state index is 0.0214. The van der Waals surface area contributed by atoms with Gasteiger partial charge in [-0.3, -0.25) is 19.3 Å². The lowest BCUT2D eigenvalue weighted by Gasteiger charge is -2.20. The second-order valence-electron chi connectivity index (χ2n) is 6.97. The number of hydrogen-bond donors (Lipinski definition) is 1. The molecule has 2 heterocycles. The van der Waals surface area contributed by atoms with E-state index in [1.54, 1.807) is 6.08 Å². The molecule has 1 atom stereocenters. The number of rotatable bonds is 8. The van der Waals surface area contributed by atoms with Crippen molar-refractivity contribution in [1.29, 1.82) is 0 Å². The number of carbonyl (C=O) groups is 3. The van der Waals surface area contributed by atoms with Crippen molar-refractivity contribution in [1.82, 2.24) is 10.2 Å². The van der Waals surface area contributed by atoms with Crippen molar-refractivity contribution in [2.24, 2.45) is 0 Å². The van der Waals surface area contributed by atoms with Crippen LogP contribution in [0.25, 0.3) is 6.08 Å². The molecule has 0 aromatic heterocycles. The highest BCUT2D eigenvalue weighted by Gasteiger charge is 2.36. The third kappa shape index (κ3) is 5.39. The molecule has 156 valence electrons. The van der Waals surface area contributed by atoms with Crippen molar-refractivity contribution in [2.45, 2.75) is 32.8 Å². The van der Waals surface area contributed by atoms with Crippen LogP contribution in [0.5, 0.6) is 0 Å². The van der Waals surface area contributed by atoms with Crippen LogP contribution in [0.2, 0.25) is 0 Å². The van der Waals surface area contributed by atoms with E-state index in [1.165, 1.54) is 0 Å². The lowest BCUT2D eigenvalue weighted by atomic mass is 10.1. The third-order valence-corrected chi connectivity index (χ3v) is 5.95. The Labute approximate surface area is 175 Å². The smallest absolute Gasteiger partial charge is 0.294 e. The van der Waals surface area contributed by atoms with E-state index in [0.29, 0.717) is 18.1 Å². The molecular weight excluding hydrogens is 390 g/mol. The zero-order valence-electron chi connectivity index (χ0n) is 16.8. The Kier molecular flexibility index (Phi) is 7.33. The summed E-state index contributed by atoms with van der Waals surface area (Å²) in [5.41, 5.74) is 1.96. The van der Waals surface area contributed by atoms with Gasteiger partial charge in [-0.1, -0.05) is 12.1 Å². The molecule has 3 amide bonds. The van der Waals surface area contributed by atoms with E-state index in [4.69, 9.17) is 4.74 Å². The molecule has 7 nitrogen and oxygen atoms in total. The van der Waals surface area contributed by atoms with Crippen molar-refractivity contribution in [3.63, 3.8) is 0 Å². The fourth-order valence-corrected chi connectivity index (χ4v) is 4.23. The lowest BCUT2D eigenvalue weighted by molar-refractivity contribution is -0.129. The van der Waals surface area contributed by atoms with Crippen LogP contribution in [0.3, 0.4) is 0 Å². The van der Waals surface area contributed by atoms with Gasteiger partial charge in [0.2, 0.25) is 5.91 Å². The van der Waals surface area contributed by atoms with E-state index >= 15 is 0 Å². The Balaban J connectivity index is 1.59. The molecule has 2 aliphatic heterocycles. The molecule has 0 spiro atoms. The van der Waals surface area contributed by atoms with Crippen molar-refractivity contribution in [3.05, 3.63) is 34.7 Å². The van der Waals surface area contributed by atoms with Gasteiger partial charge in [-0.05, 0) is 62.2 Å². The maximum Gasteiger partial charge on any atom is 0.294 e. The van der Waals surface area contributed by atoms with Crippen LogP contribution in [-0.2, 0) is 14.3 Å². The Morgan fingerprint density at radius 1 is 1.28 bits per heavy atom. The monoisotopic (exact) mass is 417 g/mol. The first-order valence-corrected chi connectivity index (χ1v) is 10.8. The van der Waals surface area contributed by atoms with Crippen LogP contribution < -0.4 is 10.2 Å². The first kappa shape index (κ1) is 21.4. The summed E-state index contributed by atoms with van der Waals surface area (Å²) in [6.07, 6.45) is 3.62. The van der Waals surface area contributed by atoms with E-state index in [9.17, 15) is 14.4 Å². The van der Waals surface area contributed by atoms with Gasteiger partial charge in [-0.15, -0.1) is 0 Å². The molecule has 8 heteroatoms. The summed E-state index contributed by atoms with van der Waals surface area (Å²) in [7, 11) is 0. The normalized spacial score (nSPS) is 20.6. The Morgan fingerprint density at radius 2 is 2.00 bits per heavy atom. The summed E-state index contributed by atoms with van der Waals surface area (Å²) in [4.78, 5) is 40.5. The van der Waals surface area contributed by atoms with Gasteiger partial charge < -0.3 is 15.0 Å². The van der Waals surface area contributed by atoms with Crippen molar-refractivity contribution < 1.29 is 19.1 Å². The first-order valence-electron chi connectivity index (χ1n) is 10.0. The predicted molar refractivity (Wildman–Crippen MR) is 115 cm³/mol. The summed E-state index contributed by atoms with van der Waals surface area (Å²) in [5.74, 6) is -0.785. The highest BCUT2D eigenvalue weighted by molar-refractivity contribution is 8.18. The zero-order valence-corrected chi connectivity index (χ0v) is 17.7. The first-order chi connectivity index (χ1) is 14.0. The van der Waals surface area contributed by atoms with Gasteiger partial charge in [0.05, 0.1) is 11.0 Å². The average molecular weight is 418 g/mol. The highest BCUT2D eigenvalue weighted by atomic mass is 32.2. The SMILES string of the molecule is CCN(CC)c1ccc(/C=C2\SC(=O)N(CC(=O)NC[C@H]3CCCO3)C2=O)cc1. The molecule has 2 saturated heterocycles. The van der Waals surface area contributed by atoms with E-state index in [0.717, 1.165) is 53.8 Å². The maximum atomic E-state index is 12.6. The summed E-state index contributed by atoms with van der Waals surface area (Å²) >= 11 is 0.865. The second kappa shape index (κ2) is 9.93. The van der Waals surface area contributed by atoms with Crippen molar-refractivity contribution in [2.75, 3.05) is 37.7 Å². The number of anilines is 1. The largest absolute Gasteiger partial charge is 0.376 e. The van der Waals surface area contributed by atoms with Crippen LogP contribution in [0.4, 0.5) is 10.5 Å². The quantitative estimate of drug-likeness (QED) is 0.656. The molecule has 2 fully saturated rings. The minimum Gasteiger partial charge on any atom is -0.376 e. The molecule has 1 aromatic carbocycles. The summed E-state index contributed by atoms with van der Waals surface area (Å²) in [5, 5.41) is 2.32. The number of imide groups is 1. The van der Waals surface area contributed by atoms with E-state index in [2.05, 4.69) is 24.1 Å². The fourth-order valence-electron chi connectivity index (χ4n) is 3.39. The number of nitrogens with one attached hydrogen (secondary N) is 1. The number of thioether (sulfide) groups is 1. The van der Waals surface area contributed by atoms with Gasteiger partial charge in [0.25, 0.3) is 11.1 Å². The van der Waals surface area contributed by atoms with Crippen LogP contribution in [0, 0.1) is 0 Å². The molecular formula is C21H27N3O4S. The van der Waals surface area contributed by atoms with Gasteiger partial charge in [0.15, 0.2) is 0 Å². The van der Waals surface area contributed by atoms with Crippen molar-refractivity contribution >= 4 is 40.6 Å². The van der Waals surface area contributed by atoms with Gasteiger partial charge in [0.1, 0.15) is 6.54 Å². The van der Waals surface area contributed by atoms with Crippen LogP contribution in [0.1, 0.15) is 32.3 Å². The Hall–Kier alpha value is -2.32. The third-order valence-electron chi connectivity index (χ3n) is 5.05. The minimum atomic E-state index is -0.430. The van der Waals surface area contributed by atoms with E-state index in [-0.39, 0.29) is 18.6 Å². The molecule has 0 radical (unpaired) electrons. The lowest BCUT2D eigenvalue weighted by Crippen LogP contribution is -2.41. The highest BCUT2D eigenvalue weighted by Crippen LogP contribution is 2.32. The van der Waals surface area contributed by atoms with Gasteiger partial charge >= 0.3 is 0 Å². The molecule has 2 aliphatic rings. The molecule has 0 aliphatic carbocycles. The van der Waals surface area contributed by atoms with E-state index < -0.39 is 11.1 Å². The van der Waals surface area contributed by atoms with Gasteiger partial charge in [-0.2, -0.15) is 0 Å². The molecule has 0 unspecified atom stereocenters. The number of benzene rings is 1. The van der Waals surface area contributed by atoms with Crippen molar-refractivity contribution in [3.8, 4) is 0 Å². The number of hydrogen-bond acceptors (Lipinski definition) is 6. The van der Waals surface area contributed by atoms with Gasteiger partial charge in [0, 0.05) is 31.9 Å². The molecule has 29 heavy (non-hydrogen) atoms. The predicted octanol–water partition coefficient (Wildman–Crippen LogP) is 2.86. The topological polar surface area (TPSA) is 79.0 Å². The fraction of sp³-hybridized carbons (Fsp3) is 0.476. The standard InChI is InChI=1S/C21H27N3O4S/c1-3-23(4-2)16-9-7-15(8-10-16)12-18-20(26)24(21(27)29-18)14-19(25)22-13-17-6-5-11-28-17/h7-10,12,17H,3-6,11,13-14H2,1-2H3,(H,22,25)/b18-12-/t17-/m1/s1.